The van der Waals surface area contributed by atoms with Crippen LogP contribution in [0.4, 0.5) is 5.82 Å². The van der Waals surface area contributed by atoms with E-state index in [2.05, 4.69) is 24.8 Å². The van der Waals surface area contributed by atoms with Crippen molar-refractivity contribution < 1.29 is 4.74 Å². The van der Waals surface area contributed by atoms with Gasteiger partial charge in [0.15, 0.2) is 11.5 Å². The molecule has 0 saturated carbocycles. The average Bonchev–Trinajstić information content (AvgIpc) is 2.88. The Kier molecular flexibility index (Phi) is 3.10. The van der Waals surface area contributed by atoms with Crippen molar-refractivity contribution in [1.29, 1.82) is 0 Å². The molecule has 0 bridgehead atoms. The summed E-state index contributed by atoms with van der Waals surface area (Å²) >= 11 is 0. The standard InChI is InChI=1S/C12H17N5O/c1-2-18-9-3-5-17(6-4-9)12-10-11(14-7-13-10)15-8-16-12/h7-9H,2-6H2,1H3,(H,13,14,15,16). The van der Waals surface area contributed by atoms with Gasteiger partial charge >= 0.3 is 0 Å². The molecule has 6 nitrogen and oxygen atoms in total. The normalized spacial score (nSPS) is 17.5. The van der Waals surface area contributed by atoms with Crippen molar-refractivity contribution in [2.45, 2.75) is 25.9 Å². The van der Waals surface area contributed by atoms with Crippen LogP contribution in [0.25, 0.3) is 11.2 Å². The minimum Gasteiger partial charge on any atom is -0.378 e. The number of anilines is 1. The van der Waals surface area contributed by atoms with Gasteiger partial charge in [-0.05, 0) is 19.8 Å². The van der Waals surface area contributed by atoms with Gasteiger partial charge in [0, 0.05) is 19.7 Å². The molecule has 0 atom stereocenters. The highest BCUT2D eigenvalue weighted by Crippen LogP contribution is 2.24. The highest BCUT2D eigenvalue weighted by molar-refractivity contribution is 5.82. The minimum absolute atomic E-state index is 0.394. The first-order valence-corrected chi connectivity index (χ1v) is 6.39. The zero-order valence-corrected chi connectivity index (χ0v) is 10.5. The van der Waals surface area contributed by atoms with E-state index in [1.54, 1.807) is 12.7 Å². The van der Waals surface area contributed by atoms with Crippen LogP contribution in [-0.4, -0.2) is 45.7 Å². The maximum atomic E-state index is 5.66. The topological polar surface area (TPSA) is 66.9 Å². The van der Waals surface area contributed by atoms with E-state index >= 15 is 0 Å². The molecule has 6 heteroatoms. The van der Waals surface area contributed by atoms with Crippen LogP contribution in [0.2, 0.25) is 0 Å². The molecule has 2 aromatic rings. The summed E-state index contributed by atoms with van der Waals surface area (Å²) in [4.78, 5) is 18.1. The summed E-state index contributed by atoms with van der Waals surface area (Å²) in [5.74, 6) is 0.951. The molecule has 3 heterocycles. The molecule has 18 heavy (non-hydrogen) atoms. The Morgan fingerprint density at radius 2 is 2.17 bits per heavy atom. The third kappa shape index (κ3) is 2.03. The predicted molar refractivity (Wildman–Crippen MR) is 68.5 cm³/mol. The van der Waals surface area contributed by atoms with Crippen molar-refractivity contribution in [3.63, 3.8) is 0 Å². The number of fused-ring (bicyclic) bond motifs is 1. The molecule has 0 aliphatic carbocycles. The number of imidazole rings is 1. The molecule has 0 aromatic carbocycles. The quantitative estimate of drug-likeness (QED) is 0.887. The summed E-state index contributed by atoms with van der Waals surface area (Å²) in [6, 6.07) is 0. The molecule has 0 unspecified atom stereocenters. The molecule has 1 fully saturated rings. The number of ether oxygens (including phenoxy) is 1. The Morgan fingerprint density at radius 1 is 1.33 bits per heavy atom. The van der Waals surface area contributed by atoms with E-state index in [9.17, 15) is 0 Å². The maximum absolute atomic E-state index is 5.66. The molecular formula is C12H17N5O. The first kappa shape index (κ1) is 11.4. The number of hydrogen-bond donors (Lipinski definition) is 1. The molecule has 96 valence electrons. The van der Waals surface area contributed by atoms with E-state index in [4.69, 9.17) is 4.74 Å². The average molecular weight is 247 g/mol. The third-order valence-electron chi connectivity index (χ3n) is 3.35. The SMILES string of the molecule is CCOC1CCN(c2ncnc3nc[nH]c23)CC1. The van der Waals surface area contributed by atoms with Gasteiger partial charge in [0.2, 0.25) is 0 Å². The summed E-state index contributed by atoms with van der Waals surface area (Å²) in [6.07, 6.45) is 5.73. The van der Waals surface area contributed by atoms with E-state index in [1.807, 2.05) is 6.92 Å². The predicted octanol–water partition coefficient (Wildman–Crippen LogP) is 1.36. The van der Waals surface area contributed by atoms with Gasteiger partial charge in [-0.15, -0.1) is 0 Å². The van der Waals surface area contributed by atoms with Gasteiger partial charge in [-0.2, -0.15) is 0 Å². The van der Waals surface area contributed by atoms with E-state index in [0.717, 1.165) is 49.5 Å². The summed E-state index contributed by atoms with van der Waals surface area (Å²) in [5, 5.41) is 0. The van der Waals surface area contributed by atoms with Crippen LogP contribution in [0.3, 0.4) is 0 Å². The molecular weight excluding hydrogens is 230 g/mol. The number of piperidine rings is 1. The Morgan fingerprint density at radius 3 is 2.94 bits per heavy atom. The lowest BCUT2D eigenvalue weighted by atomic mass is 10.1. The number of H-pyrrole nitrogens is 1. The molecule has 0 spiro atoms. The second-order valence-corrected chi connectivity index (χ2v) is 4.44. The Hall–Kier alpha value is -1.69. The second-order valence-electron chi connectivity index (χ2n) is 4.44. The molecule has 1 aliphatic heterocycles. The van der Waals surface area contributed by atoms with Crippen molar-refractivity contribution in [3.05, 3.63) is 12.7 Å². The van der Waals surface area contributed by atoms with Crippen LogP contribution >= 0.6 is 0 Å². The number of aromatic nitrogens is 4. The van der Waals surface area contributed by atoms with Gasteiger partial charge in [-0.25, -0.2) is 15.0 Å². The van der Waals surface area contributed by atoms with E-state index in [1.165, 1.54) is 0 Å². The molecule has 2 aromatic heterocycles. The van der Waals surface area contributed by atoms with Crippen LogP contribution in [0.15, 0.2) is 12.7 Å². The van der Waals surface area contributed by atoms with Gasteiger partial charge < -0.3 is 14.6 Å². The summed E-state index contributed by atoms with van der Waals surface area (Å²) in [7, 11) is 0. The summed E-state index contributed by atoms with van der Waals surface area (Å²) in [5.41, 5.74) is 1.65. The monoisotopic (exact) mass is 247 g/mol. The van der Waals surface area contributed by atoms with Crippen molar-refractivity contribution in [2.75, 3.05) is 24.6 Å². The fourth-order valence-electron chi connectivity index (χ4n) is 2.46. The van der Waals surface area contributed by atoms with Gasteiger partial charge in [0.25, 0.3) is 0 Å². The lowest BCUT2D eigenvalue weighted by Crippen LogP contribution is -2.37. The minimum atomic E-state index is 0.394. The lowest BCUT2D eigenvalue weighted by Gasteiger charge is -2.32. The Balaban J connectivity index is 1.78. The van der Waals surface area contributed by atoms with Crippen molar-refractivity contribution in [3.8, 4) is 0 Å². The van der Waals surface area contributed by atoms with Crippen LogP contribution in [0, 0.1) is 0 Å². The molecule has 1 N–H and O–H groups in total. The van der Waals surface area contributed by atoms with E-state index in [0.29, 0.717) is 6.10 Å². The number of aromatic amines is 1. The van der Waals surface area contributed by atoms with Crippen LogP contribution < -0.4 is 4.90 Å². The number of nitrogens with one attached hydrogen (secondary N) is 1. The number of hydrogen-bond acceptors (Lipinski definition) is 5. The molecule has 0 amide bonds. The zero-order chi connectivity index (χ0) is 12.4. The fourth-order valence-corrected chi connectivity index (χ4v) is 2.46. The van der Waals surface area contributed by atoms with Gasteiger partial charge in [-0.3, -0.25) is 0 Å². The first-order valence-electron chi connectivity index (χ1n) is 6.39. The largest absolute Gasteiger partial charge is 0.378 e. The summed E-state index contributed by atoms with van der Waals surface area (Å²) < 4.78 is 5.66. The lowest BCUT2D eigenvalue weighted by molar-refractivity contribution is 0.0458. The van der Waals surface area contributed by atoms with E-state index < -0.39 is 0 Å². The van der Waals surface area contributed by atoms with Crippen molar-refractivity contribution in [1.82, 2.24) is 19.9 Å². The zero-order valence-electron chi connectivity index (χ0n) is 10.5. The molecule has 0 radical (unpaired) electrons. The summed E-state index contributed by atoms with van der Waals surface area (Å²) in [6.45, 7) is 4.78. The van der Waals surface area contributed by atoms with Crippen LogP contribution in [0.5, 0.6) is 0 Å². The third-order valence-corrected chi connectivity index (χ3v) is 3.35. The Labute approximate surface area is 105 Å². The van der Waals surface area contributed by atoms with E-state index in [-0.39, 0.29) is 0 Å². The Bertz CT molecular complexity index is 518. The van der Waals surface area contributed by atoms with Gasteiger partial charge in [0.1, 0.15) is 11.8 Å². The van der Waals surface area contributed by atoms with Crippen molar-refractivity contribution >= 4 is 17.0 Å². The fraction of sp³-hybridized carbons (Fsp3) is 0.583. The van der Waals surface area contributed by atoms with Gasteiger partial charge in [-0.1, -0.05) is 0 Å². The van der Waals surface area contributed by atoms with Gasteiger partial charge in [0.05, 0.1) is 12.4 Å². The van der Waals surface area contributed by atoms with Crippen LogP contribution in [-0.2, 0) is 4.74 Å². The molecule has 3 rings (SSSR count). The number of rotatable bonds is 3. The first-order chi connectivity index (χ1) is 8.88. The highest BCUT2D eigenvalue weighted by Gasteiger charge is 2.22. The number of nitrogens with zero attached hydrogens (tertiary/aromatic N) is 4. The molecule has 1 aliphatic rings. The maximum Gasteiger partial charge on any atom is 0.182 e. The van der Waals surface area contributed by atoms with Crippen molar-refractivity contribution in [2.24, 2.45) is 0 Å². The van der Waals surface area contributed by atoms with Crippen LogP contribution in [0.1, 0.15) is 19.8 Å². The second kappa shape index (κ2) is 4.89. The smallest absolute Gasteiger partial charge is 0.182 e. The molecule has 1 saturated heterocycles. The highest BCUT2D eigenvalue weighted by atomic mass is 16.5.